The van der Waals surface area contributed by atoms with Gasteiger partial charge in [-0.3, -0.25) is 19.0 Å². The molecule has 0 bridgehead atoms. The van der Waals surface area contributed by atoms with Crippen molar-refractivity contribution in [1.29, 1.82) is 0 Å². The normalized spacial score (nSPS) is 14.6. The molecule has 3 aromatic rings. The molecule has 0 radical (unpaired) electrons. The van der Waals surface area contributed by atoms with Crippen molar-refractivity contribution in [3.63, 3.8) is 0 Å². The zero-order chi connectivity index (χ0) is 22.3. The van der Waals surface area contributed by atoms with Gasteiger partial charge in [0.05, 0.1) is 10.9 Å². The molecule has 0 atom stereocenters. The largest absolute Gasteiger partial charge is 0.480 e. The van der Waals surface area contributed by atoms with E-state index in [1.165, 1.54) is 13.8 Å². The number of anilines is 1. The molecule has 2 N–H and O–H groups in total. The van der Waals surface area contributed by atoms with E-state index < -0.39 is 17.3 Å². The lowest BCUT2D eigenvalue weighted by Gasteiger charge is -2.18. The maximum atomic E-state index is 13.0. The summed E-state index contributed by atoms with van der Waals surface area (Å²) in [6.07, 6.45) is 2.76. The summed E-state index contributed by atoms with van der Waals surface area (Å²) in [6, 6.07) is 12.9. The highest BCUT2D eigenvalue weighted by Gasteiger charge is 2.36. The van der Waals surface area contributed by atoms with Crippen molar-refractivity contribution < 1.29 is 14.7 Å². The van der Waals surface area contributed by atoms with Crippen LogP contribution in [0.1, 0.15) is 37.2 Å². The predicted molar refractivity (Wildman–Crippen MR) is 120 cm³/mol. The molecule has 0 fully saturated rings. The van der Waals surface area contributed by atoms with Crippen molar-refractivity contribution in [2.24, 2.45) is 5.41 Å². The van der Waals surface area contributed by atoms with Crippen LogP contribution in [0.15, 0.2) is 47.3 Å². The molecule has 0 aliphatic carbocycles. The van der Waals surface area contributed by atoms with Crippen molar-refractivity contribution in [3.05, 3.63) is 69.8 Å². The van der Waals surface area contributed by atoms with E-state index in [1.54, 1.807) is 22.8 Å². The lowest BCUT2D eigenvalue weighted by atomic mass is 9.92. The van der Waals surface area contributed by atoms with E-state index in [2.05, 4.69) is 11.4 Å². The fourth-order valence-electron chi connectivity index (χ4n) is 3.58. The van der Waals surface area contributed by atoms with E-state index in [0.717, 1.165) is 16.7 Å². The van der Waals surface area contributed by atoms with Crippen LogP contribution in [-0.2, 0) is 16.1 Å². The SMILES string of the molecule is Cc1cccc(C=C2CCn3c2nc2cc(NC(=O)C(C)(C)C(=O)O)ccc2c3=O)c1. The number of carboxylic acid groups (broad SMARTS) is 1. The van der Waals surface area contributed by atoms with Crippen LogP contribution >= 0.6 is 0 Å². The van der Waals surface area contributed by atoms with Crippen LogP contribution in [-0.4, -0.2) is 26.5 Å². The van der Waals surface area contributed by atoms with Crippen LogP contribution in [0.4, 0.5) is 5.69 Å². The molecule has 2 aromatic carbocycles. The summed E-state index contributed by atoms with van der Waals surface area (Å²) in [7, 11) is 0. The minimum absolute atomic E-state index is 0.128. The monoisotopic (exact) mass is 417 g/mol. The second-order valence-electron chi connectivity index (χ2n) is 8.34. The van der Waals surface area contributed by atoms with Gasteiger partial charge in [0.1, 0.15) is 11.2 Å². The minimum atomic E-state index is -1.58. The summed E-state index contributed by atoms with van der Waals surface area (Å²) < 4.78 is 1.68. The van der Waals surface area contributed by atoms with Gasteiger partial charge >= 0.3 is 5.97 Å². The average Bonchev–Trinajstić information content (AvgIpc) is 3.10. The number of nitrogens with zero attached hydrogens (tertiary/aromatic N) is 2. The summed E-state index contributed by atoms with van der Waals surface area (Å²) in [5, 5.41) is 12.3. The minimum Gasteiger partial charge on any atom is -0.480 e. The average molecular weight is 417 g/mol. The lowest BCUT2D eigenvalue weighted by molar-refractivity contribution is -0.151. The number of nitrogens with one attached hydrogen (secondary N) is 1. The summed E-state index contributed by atoms with van der Waals surface area (Å²) in [5.41, 5.74) is 2.33. The Morgan fingerprint density at radius 1 is 1.19 bits per heavy atom. The van der Waals surface area contributed by atoms with E-state index in [0.29, 0.717) is 35.4 Å². The molecule has 0 saturated heterocycles. The van der Waals surface area contributed by atoms with Gasteiger partial charge in [-0.15, -0.1) is 0 Å². The van der Waals surface area contributed by atoms with Gasteiger partial charge in [0, 0.05) is 12.2 Å². The number of hydrogen-bond donors (Lipinski definition) is 2. The molecular weight excluding hydrogens is 394 g/mol. The first-order valence-corrected chi connectivity index (χ1v) is 10.0. The second kappa shape index (κ2) is 7.50. The molecule has 2 heterocycles. The zero-order valence-corrected chi connectivity index (χ0v) is 17.6. The number of hydrogen-bond acceptors (Lipinski definition) is 4. The third kappa shape index (κ3) is 3.74. The topological polar surface area (TPSA) is 101 Å². The van der Waals surface area contributed by atoms with Gasteiger partial charge in [-0.25, -0.2) is 4.98 Å². The summed E-state index contributed by atoms with van der Waals surface area (Å²) in [4.78, 5) is 41.4. The Hall–Kier alpha value is -3.74. The first-order valence-electron chi connectivity index (χ1n) is 10.0. The van der Waals surface area contributed by atoms with E-state index in [9.17, 15) is 19.5 Å². The van der Waals surface area contributed by atoms with Gasteiger partial charge < -0.3 is 10.4 Å². The predicted octanol–water partition coefficient (Wildman–Crippen LogP) is 3.70. The molecular formula is C24H23N3O4. The van der Waals surface area contributed by atoms with E-state index >= 15 is 0 Å². The van der Waals surface area contributed by atoms with Crippen LogP contribution in [0.5, 0.6) is 0 Å². The molecule has 4 rings (SSSR count). The maximum absolute atomic E-state index is 13.0. The van der Waals surface area contributed by atoms with Crippen molar-refractivity contribution in [3.8, 4) is 0 Å². The van der Waals surface area contributed by atoms with E-state index in [1.807, 2.05) is 31.2 Å². The number of amides is 1. The maximum Gasteiger partial charge on any atom is 0.318 e. The second-order valence-corrected chi connectivity index (χ2v) is 8.34. The van der Waals surface area contributed by atoms with Gasteiger partial charge in [-0.2, -0.15) is 0 Å². The number of carbonyl (C=O) groups is 2. The molecule has 1 aliphatic rings. The Bertz CT molecular complexity index is 1320. The van der Waals surface area contributed by atoms with E-state index in [-0.39, 0.29) is 5.56 Å². The Kier molecular flexibility index (Phi) is 4.97. The van der Waals surface area contributed by atoms with Crippen molar-refractivity contribution in [2.45, 2.75) is 33.7 Å². The highest BCUT2D eigenvalue weighted by Crippen LogP contribution is 2.28. The quantitative estimate of drug-likeness (QED) is 0.631. The fraction of sp³-hybridized carbons (Fsp3) is 0.250. The van der Waals surface area contributed by atoms with Crippen LogP contribution in [0.25, 0.3) is 22.6 Å². The van der Waals surface area contributed by atoms with Crippen LogP contribution < -0.4 is 10.9 Å². The zero-order valence-electron chi connectivity index (χ0n) is 17.6. The Morgan fingerprint density at radius 3 is 2.68 bits per heavy atom. The molecule has 0 unspecified atom stereocenters. The highest BCUT2D eigenvalue weighted by atomic mass is 16.4. The molecule has 1 amide bonds. The molecule has 158 valence electrons. The standard InChI is InChI=1S/C24H23N3O4/c1-14-5-4-6-15(11-14)12-16-9-10-27-20(16)26-19-13-17(7-8-18(19)21(27)28)25-22(29)24(2,3)23(30)31/h4-8,11-13H,9-10H2,1-3H3,(H,25,29)(H,30,31). The van der Waals surface area contributed by atoms with E-state index in [4.69, 9.17) is 4.98 Å². The smallest absolute Gasteiger partial charge is 0.318 e. The highest BCUT2D eigenvalue weighted by molar-refractivity contribution is 6.08. The molecule has 7 heteroatoms. The van der Waals surface area contributed by atoms with Gasteiger partial charge in [0.15, 0.2) is 0 Å². The Balaban J connectivity index is 1.75. The van der Waals surface area contributed by atoms with Crippen LogP contribution in [0.3, 0.4) is 0 Å². The first-order chi connectivity index (χ1) is 14.7. The number of fused-ring (bicyclic) bond motifs is 2. The van der Waals surface area contributed by atoms with Crippen molar-refractivity contribution in [1.82, 2.24) is 9.55 Å². The molecule has 7 nitrogen and oxygen atoms in total. The van der Waals surface area contributed by atoms with Crippen molar-refractivity contribution >= 4 is 40.1 Å². The summed E-state index contributed by atoms with van der Waals surface area (Å²) in [5.74, 6) is -1.24. The lowest BCUT2D eigenvalue weighted by Crippen LogP contribution is -2.37. The number of aliphatic carboxylic acids is 1. The molecule has 31 heavy (non-hydrogen) atoms. The Labute approximate surface area is 179 Å². The number of carbonyl (C=O) groups excluding carboxylic acids is 1. The summed E-state index contributed by atoms with van der Waals surface area (Å²) in [6.45, 7) is 5.28. The molecule has 1 aliphatic heterocycles. The number of aromatic nitrogens is 2. The first kappa shape index (κ1) is 20.5. The van der Waals surface area contributed by atoms with Gasteiger partial charge in [0.25, 0.3) is 5.56 Å². The third-order valence-electron chi connectivity index (χ3n) is 5.59. The fourth-order valence-corrected chi connectivity index (χ4v) is 3.58. The number of rotatable bonds is 4. The molecule has 1 aromatic heterocycles. The van der Waals surface area contributed by atoms with Crippen molar-refractivity contribution in [2.75, 3.05) is 5.32 Å². The van der Waals surface area contributed by atoms with Gasteiger partial charge in [0.2, 0.25) is 5.91 Å². The third-order valence-corrected chi connectivity index (χ3v) is 5.59. The van der Waals surface area contributed by atoms with Crippen LogP contribution in [0.2, 0.25) is 0 Å². The molecule has 0 saturated carbocycles. The van der Waals surface area contributed by atoms with Gasteiger partial charge in [-0.1, -0.05) is 29.8 Å². The number of benzene rings is 2. The number of allylic oxidation sites excluding steroid dienone is 1. The number of carboxylic acids is 1. The Morgan fingerprint density at radius 2 is 1.97 bits per heavy atom. The summed E-state index contributed by atoms with van der Waals surface area (Å²) >= 11 is 0. The van der Waals surface area contributed by atoms with Crippen LogP contribution in [0, 0.1) is 12.3 Å². The number of aryl methyl sites for hydroxylation is 1. The van der Waals surface area contributed by atoms with Gasteiger partial charge in [-0.05, 0) is 62.6 Å². The molecule has 0 spiro atoms.